The van der Waals surface area contributed by atoms with Crippen molar-refractivity contribution in [2.45, 2.75) is 25.9 Å². The Hall–Kier alpha value is -3.10. The van der Waals surface area contributed by atoms with Crippen molar-refractivity contribution < 1.29 is 14.3 Å². The monoisotopic (exact) mass is 344 g/mol. The van der Waals surface area contributed by atoms with Crippen molar-refractivity contribution in [2.24, 2.45) is 7.05 Å². The van der Waals surface area contributed by atoms with Crippen molar-refractivity contribution in [3.8, 4) is 5.75 Å². The van der Waals surface area contributed by atoms with Gasteiger partial charge in [0.2, 0.25) is 0 Å². The third-order valence-electron chi connectivity index (χ3n) is 3.97. The Morgan fingerprint density at radius 3 is 2.80 bits per heavy atom. The second-order valence-corrected chi connectivity index (χ2v) is 5.95. The first-order valence-electron chi connectivity index (χ1n) is 7.91. The molecule has 0 radical (unpaired) electrons. The van der Waals surface area contributed by atoms with Crippen molar-refractivity contribution in [3.05, 3.63) is 35.9 Å². The summed E-state index contributed by atoms with van der Waals surface area (Å²) in [7, 11) is 1.82. The van der Waals surface area contributed by atoms with Crippen LogP contribution in [0.5, 0.6) is 5.75 Å². The number of hydrogen-bond acceptors (Lipinski definition) is 5. The molecule has 0 saturated carbocycles. The van der Waals surface area contributed by atoms with E-state index in [4.69, 9.17) is 4.74 Å². The largest absolute Gasteiger partial charge is 0.482 e. The SMILES string of the molecule is C[C@@H](NC(=O)N[C@H](C)c1nncn1C)c1ccc2c(c1)NC(=O)CO2. The predicted molar refractivity (Wildman–Crippen MR) is 90.1 cm³/mol. The summed E-state index contributed by atoms with van der Waals surface area (Å²) in [6.45, 7) is 3.71. The smallest absolute Gasteiger partial charge is 0.315 e. The highest BCUT2D eigenvalue weighted by molar-refractivity contribution is 5.95. The summed E-state index contributed by atoms with van der Waals surface area (Å²) in [4.78, 5) is 23.6. The molecule has 2 atom stereocenters. The van der Waals surface area contributed by atoms with Crippen LogP contribution < -0.4 is 20.7 Å². The average molecular weight is 344 g/mol. The van der Waals surface area contributed by atoms with Gasteiger partial charge in [-0.25, -0.2) is 4.79 Å². The Labute approximate surface area is 144 Å². The van der Waals surface area contributed by atoms with Gasteiger partial charge in [-0.3, -0.25) is 4.79 Å². The van der Waals surface area contributed by atoms with Crippen LogP contribution in [0.2, 0.25) is 0 Å². The number of hydrogen-bond donors (Lipinski definition) is 3. The number of ether oxygens (including phenoxy) is 1. The topological polar surface area (TPSA) is 110 Å². The summed E-state index contributed by atoms with van der Waals surface area (Å²) in [5.74, 6) is 1.09. The summed E-state index contributed by atoms with van der Waals surface area (Å²) < 4.78 is 7.08. The van der Waals surface area contributed by atoms with Crippen LogP contribution in [0.15, 0.2) is 24.5 Å². The second kappa shape index (κ2) is 6.80. The number of aromatic nitrogens is 3. The van der Waals surface area contributed by atoms with Crippen LogP contribution in [0.1, 0.15) is 37.3 Å². The van der Waals surface area contributed by atoms with Gasteiger partial charge in [-0.05, 0) is 31.5 Å². The molecule has 0 bridgehead atoms. The van der Waals surface area contributed by atoms with E-state index in [9.17, 15) is 9.59 Å². The van der Waals surface area contributed by atoms with E-state index in [1.165, 1.54) is 0 Å². The predicted octanol–water partition coefficient (Wildman–Crippen LogP) is 1.27. The number of urea groups is 1. The molecule has 1 aliphatic heterocycles. The summed E-state index contributed by atoms with van der Waals surface area (Å²) in [6, 6.07) is 4.58. The van der Waals surface area contributed by atoms with E-state index in [1.807, 2.05) is 27.0 Å². The Morgan fingerprint density at radius 1 is 1.32 bits per heavy atom. The number of aryl methyl sites for hydroxylation is 1. The normalized spacial score (nSPS) is 15.4. The molecule has 3 amide bonds. The van der Waals surface area contributed by atoms with Crippen molar-refractivity contribution >= 4 is 17.6 Å². The van der Waals surface area contributed by atoms with Crippen molar-refractivity contribution in [1.82, 2.24) is 25.4 Å². The van der Waals surface area contributed by atoms with Gasteiger partial charge in [0.1, 0.15) is 12.1 Å². The third kappa shape index (κ3) is 3.70. The van der Waals surface area contributed by atoms with E-state index in [1.54, 1.807) is 23.0 Å². The highest BCUT2D eigenvalue weighted by Gasteiger charge is 2.19. The summed E-state index contributed by atoms with van der Waals surface area (Å²) in [5.41, 5.74) is 1.46. The Morgan fingerprint density at radius 2 is 2.08 bits per heavy atom. The van der Waals surface area contributed by atoms with Gasteiger partial charge < -0.3 is 25.3 Å². The molecule has 2 aromatic rings. The third-order valence-corrected chi connectivity index (χ3v) is 3.97. The Balaban J connectivity index is 1.63. The van der Waals surface area contributed by atoms with E-state index >= 15 is 0 Å². The lowest BCUT2D eigenvalue weighted by molar-refractivity contribution is -0.118. The summed E-state index contributed by atoms with van der Waals surface area (Å²) in [5, 5.41) is 16.2. The molecule has 0 fully saturated rings. The highest BCUT2D eigenvalue weighted by Crippen LogP contribution is 2.30. The molecule has 1 aromatic heterocycles. The first kappa shape index (κ1) is 16.7. The van der Waals surface area contributed by atoms with Crippen LogP contribution in [-0.4, -0.2) is 33.3 Å². The summed E-state index contributed by atoms with van der Waals surface area (Å²) in [6.07, 6.45) is 1.58. The molecule has 132 valence electrons. The number of benzene rings is 1. The van der Waals surface area contributed by atoms with Gasteiger partial charge >= 0.3 is 6.03 Å². The van der Waals surface area contributed by atoms with E-state index in [0.29, 0.717) is 17.3 Å². The Kier molecular flexibility index (Phi) is 4.55. The van der Waals surface area contributed by atoms with Gasteiger partial charge in [0, 0.05) is 7.05 Å². The molecular formula is C16H20N6O3. The van der Waals surface area contributed by atoms with Crippen LogP contribution in [0.3, 0.4) is 0 Å². The molecule has 25 heavy (non-hydrogen) atoms. The molecule has 1 aliphatic rings. The maximum atomic E-state index is 12.2. The number of amides is 3. The number of carbonyl (C=O) groups excluding carboxylic acids is 2. The maximum Gasteiger partial charge on any atom is 0.315 e. The van der Waals surface area contributed by atoms with Gasteiger partial charge in [0.25, 0.3) is 5.91 Å². The van der Waals surface area contributed by atoms with Crippen LogP contribution >= 0.6 is 0 Å². The molecule has 0 unspecified atom stereocenters. The van der Waals surface area contributed by atoms with Gasteiger partial charge in [-0.15, -0.1) is 10.2 Å². The lowest BCUT2D eigenvalue weighted by Crippen LogP contribution is -2.39. The number of rotatable bonds is 4. The minimum atomic E-state index is -0.319. The standard InChI is InChI=1S/C16H20N6O3/c1-9(11-4-5-13-12(6-11)20-14(23)7-25-13)18-16(24)19-10(2)15-21-17-8-22(15)3/h4-6,8-10H,7H2,1-3H3,(H,20,23)(H2,18,19,24)/t9-,10-/m1/s1. The van der Waals surface area contributed by atoms with E-state index in [-0.39, 0.29) is 30.6 Å². The van der Waals surface area contributed by atoms with E-state index < -0.39 is 0 Å². The minimum absolute atomic E-state index is 0.0164. The quantitative estimate of drug-likeness (QED) is 0.773. The van der Waals surface area contributed by atoms with Gasteiger partial charge in [-0.1, -0.05) is 6.07 Å². The molecule has 3 N–H and O–H groups in total. The molecule has 2 heterocycles. The number of nitrogens with one attached hydrogen (secondary N) is 3. The zero-order valence-electron chi connectivity index (χ0n) is 14.2. The lowest BCUT2D eigenvalue weighted by Gasteiger charge is -2.21. The molecule has 9 heteroatoms. The zero-order chi connectivity index (χ0) is 18.0. The summed E-state index contributed by atoms with van der Waals surface area (Å²) >= 11 is 0. The number of nitrogens with zero attached hydrogens (tertiary/aromatic N) is 3. The van der Waals surface area contributed by atoms with Crippen LogP contribution in [0.4, 0.5) is 10.5 Å². The molecule has 0 spiro atoms. The maximum absolute atomic E-state index is 12.2. The minimum Gasteiger partial charge on any atom is -0.482 e. The Bertz CT molecular complexity index is 803. The van der Waals surface area contributed by atoms with E-state index in [0.717, 1.165) is 5.56 Å². The average Bonchev–Trinajstić information content (AvgIpc) is 3.00. The van der Waals surface area contributed by atoms with Crippen LogP contribution in [0, 0.1) is 0 Å². The van der Waals surface area contributed by atoms with Crippen LogP contribution in [0.25, 0.3) is 0 Å². The highest BCUT2D eigenvalue weighted by atomic mass is 16.5. The fourth-order valence-electron chi connectivity index (χ4n) is 2.64. The van der Waals surface area contributed by atoms with Crippen molar-refractivity contribution in [3.63, 3.8) is 0 Å². The molecule has 3 rings (SSSR count). The van der Waals surface area contributed by atoms with E-state index in [2.05, 4.69) is 26.1 Å². The van der Waals surface area contributed by atoms with Crippen molar-refractivity contribution in [1.29, 1.82) is 0 Å². The number of fused-ring (bicyclic) bond motifs is 1. The molecule has 9 nitrogen and oxygen atoms in total. The van der Waals surface area contributed by atoms with Gasteiger partial charge in [0.15, 0.2) is 12.4 Å². The molecule has 0 aliphatic carbocycles. The van der Waals surface area contributed by atoms with Gasteiger partial charge in [0.05, 0.1) is 17.8 Å². The number of anilines is 1. The first-order chi connectivity index (χ1) is 11.9. The fourth-order valence-corrected chi connectivity index (χ4v) is 2.64. The molecular weight excluding hydrogens is 324 g/mol. The number of carbonyl (C=O) groups is 2. The van der Waals surface area contributed by atoms with Gasteiger partial charge in [-0.2, -0.15) is 0 Å². The lowest BCUT2D eigenvalue weighted by atomic mass is 10.1. The molecule has 1 aromatic carbocycles. The zero-order valence-corrected chi connectivity index (χ0v) is 14.2. The van der Waals surface area contributed by atoms with Crippen molar-refractivity contribution in [2.75, 3.05) is 11.9 Å². The molecule has 0 saturated heterocycles. The van der Waals surface area contributed by atoms with Crippen LogP contribution in [-0.2, 0) is 11.8 Å². The first-order valence-corrected chi connectivity index (χ1v) is 7.91. The fraction of sp³-hybridized carbons (Fsp3) is 0.375. The second-order valence-electron chi connectivity index (χ2n) is 5.95.